The van der Waals surface area contributed by atoms with Gasteiger partial charge in [-0.2, -0.15) is 0 Å². The summed E-state index contributed by atoms with van der Waals surface area (Å²) in [5.41, 5.74) is 2.70. The van der Waals surface area contributed by atoms with Crippen molar-refractivity contribution in [2.24, 2.45) is 0 Å². The molecule has 3 rings (SSSR count). The van der Waals surface area contributed by atoms with Crippen molar-refractivity contribution in [3.63, 3.8) is 0 Å². The van der Waals surface area contributed by atoms with Crippen LogP contribution >= 0.6 is 0 Å². The van der Waals surface area contributed by atoms with Crippen LogP contribution in [-0.4, -0.2) is 23.8 Å². The highest BCUT2D eigenvalue weighted by Crippen LogP contribution is 2.24. The van der Waals surface area contributed by atoms with Gasteiger partial charge >= 0.3 is 0 Å². The molecule has 0 aliphatic carbocycles. The third-order valence-corrected chi connectivity index (χ3v) is 4.64. The van der Waals surface area contributed by atoms with Gasteiger partial charge in [-0.3, -0.25) is 9.59 Å². The molecule has 1 atom stereocenters. The van der Waals surface area contributed by atoms with Gasteiger partial charge in [-0.05, 0) is 16.7 Å². The second-order valence-electron chi connectivity index (χ2n) is 6.60. The van der Waals surface area contributed by atoms with Crippen molar-refractivity contribution in [3.05, 3.63) is 108 Å². The van der Waals surface area contributed by atoms with Crippen LogP contribution in [-0.2, 0) is 22.6 Å². The summed E-state index contributed by atoms with van der Waals surface area (Å²) in [7, 11) is 1.60. The zero-order valence-corrected chi connectivity index (χ0v) is 15.9. The molecule has 0 aliphatic heterocycles. The van der Waals surface area contributed by atoms with Gasteiger partial charge in [0.2, 0.25) is 11.8 Å². The fraction of sp³-hybridized carbons (Fsp3) is 0.167. The lowest BCUT2D eigenvalue weighted by atomic mass is 10.0. The van der Waals surface area contributed by atoms with Gasteiger partial charge in [-0.25, -0.2) is 0 Å². The first kappa shape index (κ1) is 19.4. The van der Waals surface area contributed by atoms with Crippen molar-refractivity contribution in [2.75, 3.05) is 7.05 Å². The summed E-state index contributed by atoms with van der Waals surface area (Å²) in [6.45, 7) is 0.361. The standard InChI is InChI=1S/C24H24N2O2/c1-25-24(28)23(21-15-9-4-10-16-21)26(18-20-13-7-3-8-14-20)22(27)17-19-11-5-2-6-12-19/h2-16,23H,17-18H2,1H3,(H,25,28). The predicted octanol–water partition coefficient (Wildman–Crippen LogP) is 3.75. The summed E-state index contributed by atoms with van der Waals surface area (Å²) in [5.74, 6) is -0.295. The van der Waals surface area contributed by atoms with Crippen molar-refractivity contribution in [2.45, 2.75) is 19.0 Å². The van der Waals surface area contributed by atoms with Crippen molar-refractivity contribution in [3.8, 4) is 0 Å². The van der Waals surface area contributed by atoms with Crippen molar-refractivity contribution >= 4 is 11.8 Å². The van der Waals surface area contributed by atoms with E-state index in [0.29, 0.717) is 6.54 Å². The average Bonchev–Trinajstić information content (AvgIpc) is 2.75. The van der Waals surface area contributed by atoms with Crippen LogP contribution in [0.4, 0.5) is 0 Å². The molecule has 2 amide bonds. The summed E-state index contributed by atoms with van der Waals surface area (Å²) >= 11 is 0. The average molecular weight is 372 g/mol. The molecule has 0 radical (unpaired) electrons. The van der Waals surface area contributed by atoms with Gasteiger partial charge in [0.1, 0.15) is 6.04 Å². The maximum atomic E-state index is 13.3. The Labute approximate surface area is 165 Å². The van der Waals surface area contributed by atoms with Crippen LogP contribution in [0.15, 0.2) is 91.0 Å². The summed E-state index contributed by atoms with van der Waals surface area (Å²) in [6, 6.07) is 28.1. The number of likely N-dealkylation sites (N-methyl/N-ethyl adjacent to an activating group) is 1. The van der Waals surface area contributed by atoms with Crippen LogP contribution in [0.25, 0.3) is 0 Å². The van der Waals surface area contributed by atoms with Gasteiger partial charge in [0.05, 0.1) is 6.42 Å². The van der Waals surface area contributed by atoms with E-state index in [0.717, 1.165) is 16.7 Å². The lowest BCUT2D eigenvalue weighted by Gasteiger charge is -2.31. The molecule has 28 heavy (non-hydrogen) atoms. The van der Waals surface area contributed by atoms with Gasteiger partial charge in [0, 0.05) is 13.6 Å². The summed E-state index contributed by atoms with van der Waals surface area (Å²) in [5, 5.41) is 2.72. The monoisotopic (exact) mass is 372 g/mol. The molecule has 3 aromatic carbocycles. The zero-order valence-electron chi connectivity index (χ0n) is 15.9. The van der Waals surface area contributed by atoms with Crippen LogP contribution < -0.4 is 5.32 Å². The van der Waals surface area contributed by atoms with Crippen molar-refractivity contribution < 1.29 is 9.59 Å². The molecule has 0 aromatic heterocycles. The number of rotatable bonds is 7. The van der Waals surface area contributed by atoms with Crippen LogP contribution in [0.5, 0.6) is 0 Å². The number of hydrogen-bond acceptors (Lipinski definition) is 2. The second kappa shape index (κ2) is 9.51. The van der Waals surface area contributed by atoms with Crippen LogP contribution in [0, 0.1) is 0 Å². The number of hydrogen-bond donors (Lipinski definition) is 1. The third kappa shape index (κ3) is 4.86. The third-order valence-electron chi connectivity index (χ3n) is 4.64. The SMILES string of the molecule is CNC(=O)C(c1ccccc1)N(Cc1ccccc1)C(=O)Cc1ccccc1. The summed E-state index contributed by atoms with van der Waals surface area (Å²) < 4.78 is 0. The Kier molecular flexibility index (Phi) is 6.58. The minimum absolute atomic E-state index is 0.0903. The quantitative estimate of drug-likeness (QED) is 0.687. The van der Waals surface area contributed by atoms with Crippen molar-refractivity contribution in [1.29, 1.82) is 0 Å². The molecule has 0 saturated heterocycles. The predicted molar refractivity (Wildman–Crippen MR) is 110 cm³/mol. The lowest BCUT2D eigenvalue weighted by molar-refractivity contribution is -0.141. The summed E-state index contributed by atoms with van der Waals surface area (Å²) in [6.07, 6.45) is 0.244. The van der Waals surface area contributed by atoms with E-state index in [1.54, 1.807) is 11.9 Å². The molecular weight excluding hydrogens is 348 g/mol. The largest absolute Gasteiger partial charge is 0.357 e. The molecule has 4 heteroatoms. The molecule has 142 valence electrons. The van der Waals surface area contributed by atoms with E-state index in [1.807, 2.05) is 91.0 Å². The molecule has 0 spiro atoms. The maximum Gasteiger partial charge on any atom is 0.247 e. The molecule has 0 aliphatic rings. The molecular formula is C24H24N2O2. The van der Waals surface area contributed by atoms with E-state index >= 15 is 0 Å². The fourth-order valence-corrected chi connectivity index (χ4v) is 3.22. The first-order valence-corrected chi connectivity index (χ1v) is 9.33. The number of benzene rings is 3. The van der Waals surface area contributed by atoms with Gasteiger partial charge < -0.3 is 10.2 Å². The first-order valence-electron chi connectivity index (χ1n) is 9.33. The van der Waals surface area contributed by atoms with E-state index < -0.39 is 6.04 Å². The highest BCUT2D eigenvalue weighted by Gasteiger charge is 2.30. The number of nitrogens with zero attached hydrogens (tertiary/aromatic N) is 1. The fourth-order valence-electron chi connectivity index (χ4n) is 3.22. The van der Waals surface area contributed by atoms with Gasteiger partial charge in [0.25, 0.3) is 0 Å². The number of nitrogens with one attached hydrogen (secondary N) is 1. The maximum absolute atomic E-state index is 13.3. The highest BCUT2D eigenvalue weighted by molar-refractivity contribution is 5.89. The Morgan fingerprint density at radius 2 is 1.29 bits per heavy atom. The van der Waals surface area contributed by atoms with Crippen LogP contribution in [0.3, 0.4) is 0 Å². The van der Waals surface area contributed by atoms with E-state index in [9.17, 15) is 9.59 Å². The Balaban J connectivity index is 1.97. The Hall–Kier alpha value is -3.40. The Morgan fingerprint density at radius 1 is 0.786 bits per heavy atom. The van der Waals surface area contributed by atoms with Crippen molar-refractivity contribution in [1.82, 2.24) is 10.2 Å². The molecule has 1 N–H and O–H groups in total. The van der Waals surface area contributed by atoms with Gasteiger partial charge in [-0.15, -0.1) is 0 Å². The number of carbonyl (C=O) groups is 2. The Morgan fingerprint density at radius 3 is 1.82 bits per heavy atom. The number of carbonyl (C=O) groups excluding carboxylic acids is 2. The van der Waals surface area contributed by atoms with E-state index in [4.69, 9.17) is 0 Å². The smallest absolute Gasteiger partial charge is 0.247 e. The number of amides is 2. The van der Waals surface area contributed by atoms with Crippen LogP contribution in [0.1, 0.15) is 22.7 Å². The first-order chi connectivity index (χ1) is 13.7. The molecule has 1 unspecified atom stereocenters. The van der Waals surface area contributed by atoms with E-state index in [1.165, 1.54) is 0 Å². The molecule has 3 aromatic rings. The van der Waals surface area contributed by atoms with E-state index in [2.05, 4.69) is 5.32 Å². The Bertz CT molecular complexity index is 896. The molecule has 0 saturated carbocycles. The molecule has 0 bridgehead atoms. The molecule has 0 fully saturated rings. The molecule has 4 nitrogen and oxygen atoms in total. The van der Waals surface area contributed by atoms with Gasteiger partial charge in [0.15, 0.2) is 0 Å². The van der Waals surface area contributed by atoms with Gasteiger partial charge in [-0.1, -0.05) is 91.0 Å². The normalized spacial score (nSPS) is 11.5. The molecule has 0 heterocycles. The van der Waals surface area contributed by atoms with E-state index in [-0.39, 0.29) is 18.2 Å². The van der Waals surface area contributed by atoms with Crippen LogP contribution in [0.2, 0.25) is 0 Å². The highest BCUT2D eigenvalue weighted by atomic mass is 16.2. The minimum Gasteiger partial charge on any atom is -0.357 e. The summed E-state index contributed by atoms with van der Waals surface area (Å²) in [4.78, 5) is 27.8. The second-order valence-corrected chi connectivity index (χ2v) is 6.60. The topological polar surface area (TPSA) is 49.4 Å². The minimum atomic E-state index is -0.692. The zero-order chi connectivity index (χ0) is 19.8. The lowest BCUT2D eigenvalue weighted by Crippen LogP contribution is -2.43.